The Balaban J connectivity index is 1.62. The van der Waals surface area contributed by atoms with Crippen molar-refractivity contribution in [3.05, 3.63) is 54.1 Å². The van der Waals surface area contributed by atoms with Crippen molar-refractivity contribution in [3.8, 4) is 16.9 Å². The summed E-state index contributed by atoms with van der Waals surface area (Å²) >= 11 is 0. The molecule has 6 heteroatoms. The van der Waals surface area contributed by atoms with Crippen LogP contribution in [0.1, 0.15) is 37.0 Å². The molecule has 0 saturated carbocycles. The molecule has 0 aromatic heterocycles. The summed E-state index contributed by atoms with van der Waals surface area (Å²) in [6.07, 6.45) is 1.20. The minimum atomic E-state index is -0.793. The van der Waals surface area contributed by atoms with Crippen LogP contribution in [0.2, 0.25) is 0 Å². The predicted octanol–water partition coefficient (Wildman–Crippen LogP) is 3.45. The highest BCUT2D eigenvalue weighted by molar-refractivity contribution is 5.92. The number of benzene rings is 2. The molecule has 2 aromatic rings. The van der Waals surface area contributed by atoms with E-state index < -0.39 is 12.1 Å². The third kappa shape index (κ3) is 4.76. The molecule has 1 fully saturated rings. The third-order valence-electron chi connectivity index (χ3n) is 4.62. The molecule has 0 N–H and O–H groups in total. The molecule has 146 valence electrons. The molecular formula is C22H23NO5. The van der Waals surface area contributed by atoms with Crippen molar-refractivity contribution in [1.82, 2.24) is 4.90 Å². The highest BCUT2D eigenvalue weighted by Gasteiger charge is 2.26. The Morgan fingerprint density at radius 1 is 0.893 bits per heavy atom. The molecule has 1 atom stereocenters. The van der Waals surface area contributed by atoms with Crippen molar-refractivity contribution in [3.63, 3.8) is 0 Å². The summed E-state index contributed by atoms with van der Waals surface area (Å²) < 4.78 is 10.3. The maximum Gasteiger partial charge on any atom is 0.338 e. The van der Waals surface area contributed by atoms with Gasteiger partial charge in [-0.25, -0.2) is 4.79 Å². The molecule has 6 nitrogen and oxygen atoms in total. The van der Waals surface area contributed by atoms with Gasteiger partial charge in [-0.3, -0.25) is 9.59 Å². The number of likely N-dealkylation sites (tertiary alicyclic amines) is 1. The second-order valence-corrected chi connectivity index (χ2v) is 6.78. The van der Waals surface area contributed by atoms with E-state index in [0.717, 1.165) is 37.1 Å². The standard InChI is InChI=1S/C22H23NO5/c1-15(21(25)23-13-3-4-14-23)27-22(26)19-7-5-17(6-8-19)18-9-11-20(12-10-18)28-16(2)24/h5-12,15H,3-4,13-14H2,1-2H3/t15-/m0/s1. The van der Waals surface area contributed by atoms with E-state index in [-0.39, 0.29) is 11.9 Å². The van der Waals surface area contributed by atoms with E-state index in [2.05, 4.69) is 0 Å². The van der Waals surface area contributed by atoms with Gasteiger partial charge in [0.05, 0.1) is 5.56 Å². The second-order valence-electron chi connectivity index (χ2n) is 6.78. The SMILES string of the molecule is CC(=O)Oc1ccc(-c2ccc(C(=O)O[C@@H](C)C(=O)N3CCCC3)cc2)cc1. The smallest absolute Gasteiger partial charge is 0.338 e. The normalized spacial score (nSPS) is 14.4. The van der Waals surface area contributed by atoms with Crippen molar-refractivity contribution in [2.24, 2.45) is 0 Å². The molecular weight excluding hydrogens is 358 g/mol. The average Bonchev–Trinajstić information content (AvgIpc) is 3.22. The maximum absolute atomic E-state index is 12.3. The molecule has 1 amide bonds. The number of rotatable bonds is 5. The van der Waals surface area contributed by atoms with Gasteiger partial charge >= 0.3 is 11.9 Å². The van der Waals surface area contributed by atoms with E-state index in [1.807, 2.05) is 24.3 Å². The highest BCUT2D eigenvalue weighted by Crippen LogP contribution is 2.23. The Labute approximate surface area is 164 Å². The van der Waals surface area contributed by atoms with Crippen LogP contribution in [0.3, 0.4) is 0 Å². The Kier molecular flexibility index (Phi) is 6.09. The molecule has 0 bridgehead atoms. The van der Waals surface area contributed by atoms with Crippen molar-refractivity contribution >= 4 is 17.8 Å². The first-order chi connectivity index (χ1) is 13.4. The van der Waals surface area contributed by atoms with Crippen LogP contribution in [0.5, 0.6) is 5.75 Å². The van der Waals surface area contributed by atoms with E-state index in [9.17, 15) is 14.4 Å². The number of carbonyl (C=O) groups excluding carboxylic acids is 3. The van der Waals surface area contributed by atoms with Crippen LogP contribution < -0.4 is 4.74 Å². The molecule has 28 heavy (non-hydrogen) atoms. The van der Waals surface area contributed by atoms with E-state index in [1.165, 1.54) is 6.92 Å². The van der Waals surface area contributed by atoms with E-state index in [1.54, 1.807) is 36.1 Å². The van der Waals surface area contributed by atoms with Crippen LogP contribution in [0.4, 0.5) is 0 Å². The average molecular weight is 381 g/mol. The molecule has 1 aliphatic rings. The summed E-state index contributed by atoms with van der Waals surface area (Å²) in [6.45, 7) is 4.42. The van der Waals surface area contributed by atoms with Gasteiger partial charge in [-0.1, -0.05) is 24.3 Å². The van der Waals surface area contributed by atoms with Crippen LogP contribution >= 0.6 is 0 Å². The quantitative estimate of drug-likeness (QED) is 0.586. The van der Waals surface area contributed by atoms with E-state index in [4.69, 9.17) is 9.47 Å². The molecule has 1 heterocycles. The number of nitrogens with zero attached hydrogens (tertiary/aromatic N) is 1. The topological polar surface area (TPSA) is 72.9 Å². The monoisotopic (exact) mass is 381 g/mol. The van der Waals surface area contributed by atoms with Gasteiger partial charge in [0.2, 0.25) is 0 Å². The second kappa shape index (κ2) is 8.69. The zero-order valence-corrected chi connectivity index (χ0v) is 16.0. The van der Waals surface area contributed by atoms with E-state index >= 15 is 0 Å². The zero-order valence-electron chi connectivity index (χ0n) is 16.0. The van der Waals surface area contributed by atoms with Gasteiger partial charge in [0.1, 0.15) is 5.75 Å². The number of ether oxygens (including phenoxy) is 2. The number of esters is 2. The molecule has 0 radical (unpaired) electrons. The minimum Gasteiger partial charge on any atom is -0.449 e. The van der Waals surface area contributed by atoms with Gasteiger partial charge in [0.25, 0.3) is 5.91 Å². The van der Waals surface area contributed by atoms with Crippen molar-refractivity contribution in [2.45, 2.75) is 32.8 Å². The molecule has 0 unspecified atom stereocenters. The first-order valence-electron chi connectivity index (χ1n) is 9.33. The summed E-state index contributed by atoms with van der Waals surface area (Å²) in [4.78, 5) is 37.3. The lowest BCUT2D eigenvalue weighted by Gasteiger charge is -2.20. The lowest BCUT2D eigenvalue weighted by molar-refractivity contribution is -0.138. The first kappa shape index (κ1) is 19.6. The Morgan fingerprint density at radius 2 is 1.43 bits per heavy atom. The number of carbonyl (C=O) groups is 3. The van der Waals surface area contributed by atoms with Crippen molar-refractivity contribution < 1.29 is 23.9 Å². The number of amides is 1. The fourth-order valence-electron chi connectivity index (χ4n) is 3.15. The van der Waals surface area contributed by atoms with Gasteiger partial charge < -0.3 is 14.4 Å². The first-order valence-corrected chi connectivity index (χ1v) is 9.33. The largest absolute Gasteiger partial charge is 0.449 e. The maximum atomic E-state index is 12.3. The molecule has 2 aromatic carbocycles. The van der Waals surface area contributed by atoms with Crippen LogP contribution in [0.15, 0.2) is 48.5 Å². The Bertz CT molecular complexity index is 852. The summed E-state index contributed by atoms with van der Waals surface area (Å²) in [6, 6.07) is 14.1. The lowest BCUT2D eigenvalue weighted by Crippen LogP contribution is -2.38. The Morgan fingerprint density at radius 3 is 1.96 bits per heavy atom. The molecule has 1 saturated heterocycles. The number of hydrogen-bond donors (Lipinski definition) is 0. The van der Waals surface area contributed by atoms with Gasteiger partial charge in [0.15, 0.2) is 6.10 Å². The minimum absolute atomic E-state index is 0.143. The van der Waals surface area contributed by atoms with Crippen LogP contribution in [0, 0.1) is 0 Å². The lowest BCUT2D eigenvalue weighted by atomic mass is 10.0. The van der Waals surface area contributed by atoms with Crippen LogP contribution in [-0.2, 0) is 14.3 Å². The summed E-state index contributed by atoms with van der Waals surface area (Å²) in [5.74, 6) is -0.548. The van der Waals surface area contributed by atoms with E-state index in [0.29, 0.717) is 11.3 Å². The predicted molar refractivity (Wildman–Crippen MR) is 104 cm³/mol. The summed E-state index contributed by atoms with van der Waals surface area (Å²) in [7, 11) is 0. The summed E-state index contributed by atoms with van der Waals surface area (Å²) in [5.41, 5.74) is 2.22. The third-order valence-corrected chi connectivity index (χ3v) is 4.62. The summed E-state index contributed by atoms with van der Waals surface area (Å²) in [5, 5.41) is 0. The molecule has 0 spiro atoms. The zero-order chi connectivity index (χ0) is 20.1. The number of hydrogen-bond acceptors (Lipinski definition) is 5. The highest BCUT2D eigenvalue weighted by atomic mass is 16.5. The van der Waals surface area contributed by atoms with Crippen LogP contribution in [0.25, 0.3) is 11.1 Å². The van der Waals surface area contributed by atoms with Gasteiger partial charge in [-0.2, -0.15) is 0 Å². The van der Waals surface area contributed by atoms with Crippen molar-refractivity contribution in [2.75, 3.05) is 13.1 Å². The van der Waals surface area contributed by atoms with Gasteiger partial charge in [-0.15, -0.1) is 0 Å². The fraction of sp³-hybridized carbons (Fsp3) is 0.318. The molecule has 0 aliphatic carbocycles. The van der Waals surface area contributed by atoms with Crippen molar-refractivity contribution in [1.29, 1.82) is 0 Å². The molecule has 3 rings (SSSR count). The fourth-order valence-corrected chi connectivity index (χ4v) is 3.15. The van der Waals surface area contributed by atoms with Gasteiger partial charge in [-0.05, 0) is 55.2 Å². The Hall–Kier alpha value is -3.15. The van der Waals surface area contributed by atoms with Gasteiger partial charge in [0, 0.05) is 20.0 Å². The molecule has 1 aliphatic heterocycles. The van der Waals surface area contributed by atoms with Crippen LogP contribution in [-0.4, -0.2) is 41.9 Å².